The molecule has 5 nitrogen and oxygen atoms in total. The summed E-state index contributed by atoms with van der Waals surface area (Å²) in [6, 6.07) is 4.28. The van der Waals surface area contributed by atoms with E-state index in [0.717, 1.165) is 0 Å². The van der Waals surface area contributed by atoms with E-state index in [1.165, 1.54) is 18.2 Å². The van der Waals surface area contributed by atoms with Gasteiger partial charge in [-0.3, -0.25) is 14.9 Å². The highest BCUT2D eigenvalue weighted by molar-refractivity contribution is 6.30. The summed E-state index contributed by atoms with van der Waals surface area (Å²) in [5.41, 5.74) is 0.452. The summed E-state index contributed by atoms with van der Waals surface area (Å²) < 4.78 is 0. The zero-order valence-corrected chi connectivity index (χ0v) is 9.11. The van der Waals surface area contributed by atoms with E-state index in [0.29, 0.717) is 23.4 Å². The second-order valence-electron chi connectivity index (χ2n) is 3.28. The van der Waals surface area contributed by atoms with Crippen LogP contribution in [0, 0.1) is 10.1 Å². The number of nitrogens with zero attached hydrogens (tertiary/aromatic N) is 1. The molecule has 0 amide bonds. The first kappa shape index (κ1) is 12.4. The van der Waals surface area contributed by atoms with Gasteiger partial charge >= 0.3 is 5.97 Å². The maximum Gasteiger partial charge on any atom is 0.303 e. The van der Waals surface area contributed by atoms with Gasteiger partial charge in [0.25, 0.3) is 5.69 Å². The van der Waals surface area contributed by atoms with Crippen LogP contribution in [0.1, 0.15) is 18.4 Å². The van der Waals surface area contributed by atoms with Crippen molar-refractivity contribution in [2.45, 2.75) is 19.3 Å². The third kappa shape index (κ3) is 3.51. The monoisotopic (exact) mass is 243 g/mol. The molecule has 6 heteroatoms. The van der Waals surface area contributed by atoms with Gasteiger partial charge in [0.2, 0.25) is 0 Å². The second-order valence-corrected chi connectivity index (χ2v) is 3.71. The van der Waals surface area contributed by atoms with Crippen LogP contribution in [0.3, 0.4) is 0 Å². The molecular weight excluding hydrogens is 234 g/mol. The van der Waals surface area contributed by atoms with E-state index in [4.69, 9.17) is 16.7 Å². The van der Waals surface area contributed by atoms with E-state index >= 15 is 0 Å². The van der Waals surface area contributed by atoms with Gasteiger partial charge in [-0.2, -0.15) is 0 Å². The molecule has 1 aromatic carbocycles. The molecule has 0 saturated carbocycles. The molecule has 0 bridgehead atoms. The Morgan fingerprint density at radius 2 is 2.19 bits per heavy atom. The lowest BCUT2D eigenvalue weighted by Crippen LogP contribution is -1.99. The number of rotatable bonds is 5. The SMILES string of the molecule is O=C(O)CCCc1cc(Cl)ccc1[N+](=O)[O-]. The molecule has 0 atom stereocenters. The van der Waals surface area contributed by atoms with Crippen molar-refractivity contribution < 1.29 is 14.8 Å². The van der Waals surface area contributed by atoms with Crippen molar-refractivity contribution >= 4 is 23.3 Å². The van der Waals surface area contributed by atoms with E-state index < -0.39 is 10.9 Å². The molecule has 0 saturated heterocycles. The van der Waals surface area contributed by atoms with Crippen LogP contribution >= 0.6 is 11.6 Å². The maximum atomic E-state index is 10.7. The van der Waals surface area contributed by atoms with Gasteiger partial charge in [0.15, 0.2) is 0 Å². The quantitative estimate of drug-likeness (QED) is 0.637. The van der Waals surface area contributed by atoms with Crippen LogP contribution < -0.4 is 0 Å². The summed E-state index contributed by atoms with van der Waals surface area (Å²) >= 11 is 5.72. The number of hydrogen-bond acceptors (Lipinski definition) is 3. The first-order chi connectivity index (χ1) is 7.50. The highest BCUT2D eigenvalue weighted by Crippen LogP contribution is 2.24. The number of benzene rings is 1. The number of aliphatic carboxylic acids is 1. The minimum Gasteiger partial charge on any atom is -0.481 e. The molecular formula is C10H10ClNO4. The second kappa shape index (κ2) is 5.46. The van der Waals surface area contributed by atoms with Gasteiger partial charge in [-0.1, -0.05) is 11.6 Å². The number of carboxylic acids is 1. The first-order valence-electron chi connectivity index (χ1n) is 4.65. The third-order valence-corrected chi connectivity index (χ3v) is 2.31. The van der Waals surface area contributed by atoms with Crippen LogP contribution in [0.2, 0.25) is 5.02 Å². The maximum absolute atomic E-state index is 10.7. The molecule has 0 radical (unpaired) electrons. The fourth-order valence-electron chi connectivity index (χ4n) is 1.36. The lowest BCUT2D eigenvalue weighted by molar-refractivity contribution is -0.385. The van der Waals surface area contributed by atoms with Gasteiger partial charge in [-0.25, -0.2) is 0 Å². The Kier molecular flexibility index (Phi) is 4.25. The normalized spacial score (nSPS) is 10.1. The van der Waals surface area contributed by atoms with E-state index in [1.54, 1.807) is 0 Å². The van der Waals surface area contributed by atoms with Crippen molar-refractivity contribution in [3.63, 3.8) is 0 Å². The van der Waals surface area contributed by atoms with E-state index in [2.05, 4.69) is 0 Å². The predicted octanol–water partition coefficient (Wildman–Crippen LogP) is 2.66. The number of carboxylic acid groups (broad SMARTS) is 1. The van der Waals surface area contributed by atoms with Crippen molar-refractivity contribution in [1.29, 1.82) is 0 Å². The van der Waals surface area contributed by atoms with Crippen molar-refractivity contribution in [2.75, 3.05) is 0 Å². The molecule has 16 heavy (non-hydrogen) atoms. The van der Waals surface area contributed by atoms with Crippen molar-refractivity contribution in [3.8, 4) is 0 Å². The molecule has 0 unspecified atom stereocenters. The van der Waals surface area contributed by atoms with Gasteiger partial charge in [-0.15, -0.1) is 0 Å². The summed E-state index contributed by atoms with van der Waals surface area (Å²) in [6.45, 7) is 0. The van der Waals surface area contributed by atoms with Gasteiger partial charge in [-0.05, 0) is 25.0 Å². The highest BCUT2D eigenvalue weighted by Gasteiger charge is 2.13. The summed E-state index contributed by atoms with van der Waals surface area (Å²) in [4.78, 5) is 20.5. The van der Waals surface area contributed by atoms with E-state index in [1.807, 2.05) is 0 Å². The van der Waals surface area contributed by atoms with E-state index in [9.17, 15) is 14.9 Å². The standard InChI is InChI=1S/C10H10ClNO4/c11-8-4-5-9(12(15)16)7(6-8)2-1-3-10(13)14/h4-6H,1-3H2,(H,13,14). The highest BCUT2D eigenvalue weighted by atomic mass is 35.5. The molecule has 0 aliphatic heterocycles. The number of nitro groups is 1. The van der Waals surface area contributed by atoms with Crippen LogP contribution in [-0.2, 0) is 11.2 Å². The molecule has 0 aliphatic carbocycles. The molecule has 0 spiro atoms. The topological polar surface area (TPSA) is 80.4 Å². The number of aryl methyl sites for hydroxylation is 1. The van der Waals surface area contributed by atoms with Crippen LogP contribution in [-0.4, -0.2) is 16.0 Å². The number of carbonyl (C=O) groups is 1. The summed E-state index contributed by atoms with van der Waals surface area (Å²) in [5.74, 6) is -0.912. The number of nitro benzene ring substituents is 1. The molecule has 1 aromatic rings. The fraction of sp³-hybridized carbons (Fsp3) is 0.300. The number of halogens is 1. The zero-order valence-electron chi connectivity index (χ0n) is 8.35. The average molecular weight is 244 g/mol. The molecule has 0 aromatic heterocycles. The predicted molar refractivity (Wildman–Crippen MR) is 58.7 cm³/mol. The van der Waals surface area contributed by atoms with Crippen LogP contribution in [0.4, 0.5) is 5.69 Å². The Morgan fingerprint density at radius 1 is 1.50 bits per heavy atom. The summed E-state index contributed by atoms with van der Waals surface area (Å²) in [5, 5.41) is 19.6. The van der Waals surface area contributed by atoms with Crippen molar-refractivity contribution in [2.24, 2.45) is 0 Å². The smallest absolute Gasteiger partial charge is 0.303 e. The average Bonchev–Trinajstić information content (AvgIpc) is 2.16. The molecule has 0 heterocycles. The minimum atomic E-state index is -0.912. The zero-order chi connectivity index (χ0) is 12.1. The fourth-order valence-corrected chi connectivity index (χ4v) is 1.56. The summed E-state index contributed by atoms with van der Waals surface area (Å²) in [6.07, 6.45) is 0.684. The molecule has 86 valence electrons. The Morgan fingerprint density at radius 3 is 2.75 bits per heavy atom. The Balaban J connectivity index is 2.80. The van der Waals surface area contributed by atoms with Crippen molar-refractivity contribution in [1.82, 2.24) is 0 Å². The van der Waals surface area contributed by atoms with Crippen LogP contribution in [0.15, 0.2) is 18.2 Å². The van der Waals surface area contributed by atoms with E-state index in [-0.39, 0.29) is 12.1 Å². The summed E-state index contributed by atoms with van der Waals surface area (Å²) in [7, 11) is 0. The molecule has 1 rings (SSSR count). The lowest BCUT2D eigenvalue weighted by atomic mass is 10.1. The third-order valence-electron chi connectivity index (χ3n) is 2.07. The lowest BCUT2D eigenvalue weighted by Gasteiger charge is -2.02. The Bertz CT molecular complexity index is 419. The molecule has 0 aliphatic rings. The van der Waals surface area contributed by atoms with Crippen LogP contribution in [0.5, 0.6) is 0 Å². The first-order valence-corrected chi connectivity index (χ1v) is 5.03. The Hall–Kier alpha value is -1.62. The Labute approximate surface area is 96.8 Å². The van der Waals surface area contributed by atoms with Gasteiger partial charge in [0.1, 0.15) is 0 Å². The van der Waals surface area contributed by atoms with Gasteiger partial charge in [0.05, 0.1) is 4.92 Å². The minimum absolute atomic E-state index is 0.0103. The van der Waals surface area contributed by atoms with Gasteiger partial charge < -0.3 is 5.11 Å². The number of hydrogen-bond donors (Lipinski definition) is 1. The molecule has 1 N–H and O–H groups in total. The largest absolute Gasteiger partial charge is 0.481 e. The molecule has 0 fully saturated rings. The van der Waals surface area contributed by atoms with Crippen LogP contribution in [0.25, 0.3) is 0 Å². The van der Waals surface area contributed by atoms with Gasteiger partial charge in [0, 0.05) is 23.1 Å². The van der Waals surface area contributed by atoms with Crippen molar-refractivity contribution in [3.05, 3.63) is 38.9 Å².